The molecule has 5 unspecified atom stereocenters. The van der Waals surface area contributed by atoms with Crippen LogP contribution in [0.5, 0.6) is 0 Å². The van der Waals surface area contributed by atoms with Gasteiger partial charge in [0.25, 0.3) is 0 Å². The van der Waals surface area contributed by atoms with E-state index in [0.717, 1.165) is 205 Å². The predicted octanol–water partition coefficient (Wildman–Crippen LogP) is 24.9. The molecule has 0 aromatic carbocycles. The van der Waals surface area contributed by atoms with Gasteiger partial charge in [0.1, 0.15) is 19.3 Å². The quantitative estimate of drug-likeness (QED) is 0.0169. The molecule has 5 atom stereocenters. The lowest BCUT2D eigenvalue weighted by Crippen LogP contribution is -2.30. The summed E-state index contributed by atoms with van der Waals surface area (Å²) >= 11 is 0. The van der Waals surface area contributed by atoms with Crippen LogP contribution in [0.1, 0.15) is 362 Å². The second-order valence-corrected chi connectivity index (χ2v) is 30.9. The number of hydrogen-bond acceptors (Lipinski definition) is 15. The smallest absolute Gasteiger partial charge is 0.462 e. The minimum absolute atomic E-state index is 0.0814. The number of allylic oxidation sites excluding steroid dienone is 18. The summed E-state index contributed by atoms with van der Waals surface area (Å²) < 4.78 is 68.8. The molecular weight excluding hydrogens is 1380 g/mol. The number of carbonyl (C=O) groups is 4. The van der Waals surface area contributed by atoms with Crippen molar-refractivity contribution in [2.45, 2.75) is 380 Å². The minimum atomic E-state index is -4.99. The zero-order valence-electron chi connectivity index (χ0n) is 67.1. The summed E-state index contributed by atoms with van der Waals surface area (Å²) in [5.74, 6) is -2.20. The molecular formula is C87H152O17P2. The number of phosphoric acid groups is 2. The molecule has 0 aliphatic rings. The van der Waals surface area contributed by atoms with Crippen LogP contribution in [0.15, 0.2) is 109 Å². The van der Waals surface area contributed by atoms with E-state index in [1.54, 1.807) is 0 Å². The number of carbonyl (C=O) groups excluding carboxylic acids is 4. The van der Waals surface area contributed by atoms with Crippen LogP contribution in [0, 0.1) is 0 Å². The molecule has 0 aliphatic carbocycles. The lowest BCUT2D eigenvalue weighted by Gasteiger charge is -2.21. The van der Waals surface area contributed by atoms with Gasteiger partial charge in [-0.25, -0.2) is 9.13 Å². The Hall–Kier alpha value is -4.28. The fourth-order valence-corrected chi connectivity index (χ4v) is 12.9. The molecule has 0 rings (SSSR count). The fourth-order valence-electron chi connectivity index (χ4n) is 11.3. The molecule has 106 heavy (non-hydrogen) atoms. The highest BCUT2D eigenvalue weighted by Crippen LogP contribution is 2.45. The van der Waals surface area contributed by atoms with Gasteiger partial charge in [0.2, 0.25) is 0 Å². The van der Waals surface area contributed by atoms with Gasteiger partial charge in [-0.15, -0.1) is 0 Å². The molecule has 0 aromatic rings. The van der Waals surface area contributed by atoms with Crippen molar-refractivity contribution in [2.24, 2.45) is 0 Å². The number of hydrogen-bond donors (Lipinski definition) is 3. The molecule has 19 heteroatoms. The van der Waals surface area contributed by atoms with Gasteiger partial charge in [-0.05, 0) is 148 Å². The Morgan fingerprint density at radius 1 is 0.274 bits per heavy atom. The summed E-state index contributed by atoms with van der Waals surface area (Å²) in [5, 5.41) is 10.7. The summed E-state index contributed by atoms with van der Waals surface area (Å²) in [5.41, 5.74) is 0. The van der Waals surface area contributed by atoms with Gasteiger partial charge in [0, 0.05) is 25.7 Å². The Labute approximate surface area is 645 Å². The third kappa shape index (κ3) is 77.9. The van der Waals surface area contributed by atoms with Gasteiger partial charge in [-0.3, -0.25) is 37.3 Å². The summed E-state index contributed by atoms with van der Waals surface area (Å²) in [6, 6.07) is 0. The molecule has 0 amide bonds. The number of unbranched alkanes of at least 4 members (excludes halogenated alkanes) is 35. The first-order valence-corrected chi connectivity index (χ1v) is 45.1. The van der Waals surface area contributed by atoms with Crippen molar-refractivity contribution < 1.29 is 80.2 Å². The van der Waals surface area contributed by atoms with Crippen LogP contribution in [-0.4, -0.2) is 96.7 Å². The average Bonchev–Trinajstić information content (AvgIpc) is 0.909. The molecule has 0 fully saturated rings. The van der Waals surface area contributed by atoms with Crippen LogP contribution in [0.25, 0.3) is 0 Å². The maximum absolute atomic E-state index is 13.1. The van der Waals surface area contributed by atoms with E-state index < -0.39 is 97.5 Å². The fraction of sp³-hybridized carbons (Fsp3) is 0.747. The van der Waals surface area contributed by atoms with Crippen LogP contribution >= 0.6 is 15.6 Å². The number of phosphoric ester groups is 2. The molecule has 3 N–H and O–H groups in total. The molecule has 0 heterocycles. The zero-order valence-corrected chi connectivity index (χ0v) is 68.9. The van der Waals surface area contributed by atoms with Crippen LogP contribution in [0.3, 0.4) is 0 Å². The van der Waals surface area contributed by atoms with Crippen molar-refractivity contribution in [3.63, 3.8) is 0 Å². The van der Waals surface area contributed by atoms with Crippen molar-refractivity contribution in [1.29, 1.82) is 0 Å². The largest absolute Gasteiger partial charge is 0.472 e. The Morgan fingerprint density at radius 2 is 0.491 bits per heavy atom. The maximum Gasteiger partial charge on any atom is 0.472 e. The van der Waals surface area contributed by atoms with Gasteiger partial charge in [0.15, 0.2) is 12.2 Å². The second kappa shape index (κ2) is 78.8. The first-order valence-electron chi connectivity index (χ1n) is 42.1. The predicted molar refractivity (Wildman–Crippen MR) is 436 cm³/mol. The normalized spacial score (nSPS) is 14.4. The molecule has 612 valence electrons. The molecule has 0 radical (unpaired) electrons. The third-order valence-corrected chi connectivity index (χ3v) is 19.6. The summed E-state index contributed by atoms with van der Waals surface area (Å²) in [7, 11) is -9.97. The van der Waals surface area contributed by atoms with Gasteiger partial charge in [0.05, 0.1) is 26.4 Å². The van der Waals surface area contributed by atoms with Crippen molar-refractivity contribution in [3.8, 4) is 0 Å². The second-order valence-electron chi connectivity index (χ2n) is 28.0. The molecule has 17 nitrogen and oxygen atoms in total. The van der Waals surface area contributed by atoms with E-state index in [2.05, 4.69) is 137 Å². The zero-order chi connectivity index (χ0) is 77.4. The van der Waals surface area contributed by atoms with Crippen LogP contribution in [0.2, 0.25) is 0 Å². The van der Waals surface area contributed by atoms with Gasteiger partial charge in [-0.1, -0.05) is 298 Å². The first kappa shape index (κ1) is 102. The average molecular weight is 1530 g/mol. The lowest BCUT2D eigenvalue weighted by atomic mass is 10.1. The van der Waals surface area contributed by atoms with E-state index in [1.165, 1.54) is 77.0 Å². The van der Waals surface area contributed by atoms with Crippen LogP contribution in [0.4, 0.5) is 0 Å². The number of ether oxygens (including phenoxy) is 4. The van der Waals surface area contributed by atoms with Crippen LogP contribution in [-0.2, 0) is 65.4 Å². The highest BCUT2D eigenvalue weighted by molar-refractivity contribution is 7.47. The number of aliphatic hydroxyl groups is 1. The molecule has 0 aliphatic heterocycles. The Kier molecular flexibility index (Phi) is 75.6. The lowest BCUT2D eigenvalue weighted by molar-refractivity contribution is -0.161. The van der Waals surface area contributed by atoms with Gasteiger partial charge >= 0.3 is 39.5 Å². The topological polar surface area (TPSA) is 237 Å². The van der Waals surface area contributed by atoms with Crippen molar-refractivity contribution in [2.75, 3.05) is 39.6 Å². The summed E-state index contributed by atoms with van der Waals surface area (Å²) in [4.78, 5) is 73.2. The summed E-state index contributed by atoms with van der Waals surface area (Å²) in [6.45, 7) is 4.65. The van der Waals surface area contributed by atoms with Crippen molar-refractivity contribution in [3.05, 3.63) is 109 Å². The van der Waals surface area contributed by atoms with E-state index in [9.17, 15) is 43.2 Å². The summed E-state index contributed by atoms with van der Waals surface area (Å²) in [6.07, 6.45) is 86.2. The number of esters is 4. The van der Waals surface area contributed by atoms with Crippen molar-refractivity contribution >= 4 is 39.5 Å². The highest BCUT2D eigenvalue weighted by atomic mass is 31.2. The van der Waals surface area contributed by atoms with Gasteiger partial charge in [-0.2, -0.15) is 0 Å². The molecule has 0 bridgehead atoms. The molecule has 0 aromatic heterocycles. The Balaban J connectivity index is 5.37. The SMILES string of the molecule is CC/C=C\C/C=C\C/C=C\C/C=C\CCCCCCCCC(=O)OCC(COP(=O)(O)OCC(O)COP(=O)(O)OCC(COC(=O)CCCCCCCCC/C=C\C/C=C\C/C=C\CC)OC(=O)CCCCCCC/C=C\CCCCCCCC)OC(=O)CCCCCCC/C=C\CCCCCCCC. The molecule has 0 saturated heterocycles. The van der Waals surface area contributed by atoms with Crippen molar-refractivity contribution in [1.82, 2.24) is 0 Å². The monoisotopic (exact) mass is 1530 g/mol. The van der Waals surface area contributed by atoms with E-state index in [4.69, 9.17) is 37.0 Å². The first-order chi connectivity index (χ1) is 51.7. The van der Waals surface area contributed by atoms with E-state index in [1.807, 2.05) is 0 Å². The van der Waals surface area contributed by atoms with E-state index in [-0.39, 0.29) is 25.7 Å². The third-order valence-electron chi connectivity index (χ3n) is 17.7. The van der Waals surface area contributed by atoms with Gasteiger partial charge < -0.3 is 33.8 Å². The number of aliphatic hydroxyl groups excluding tert-OH is 1. The number of rotatable bonds is 79. The standard InChI is InChI=1S/C87H152O17P2/c1-5-9-13-17-21-25-29-33-37-39-40-42-46-48-52-56-60-64-68-72-85(90)98-78-83(104-87(92)74-70-66-62-58-54-50-44-36-32-28-24-20-16-12-8-4)80-102-106(95,96)100-76-81(88)75-99-105(93,94)101-79-82(103-86(91)73-69-65-61-57-53-49-43-35-31-27-23-19-15-11-7-3)77-97-84(89)71-67-63-59-55-51-47-45-41-38-34-30-26-22-18-14-10-6-2/h9-10,13-14,21-22,25-26,33-38,40,42-44,81-83,88H,5-8,11-12,15-20,23-24,27-32,39,41,45-80H2,1-4H3,(H,93,94)(H,95,96)/b13-9-,14-10-,25-21-,26-22-,37-33-,38-34-,42-40-,43-35-,44-36-. The van der Waals surface area contributed by atoms with E-state index in [0.29, 0.717) is 25.7 Å². The maximum atomic E-state index is 13.1. The molecule has 0 spiro atoms. The highest BCUT2D eigenvalue weighted by Gasteiger charge is 2.30. The van der Waals surface area contributed by atoms with E-state index >= 15 is 0 Å². The van der Waals surface area contributed by atoms with Crippen LogP contribution < -0.4 is 0 Å². The Bertz CT molecular complexity index is 2430. The minimum Gasteiger partial charge on any atom is -0.462 e. The Morgan fingerprint density at radius 3 is 0.764 bits per heavy atom. The molecule has 0 saturated carbocycles.